The van der Waals surface area contributed by atoms with Gasteiger partial charge in [0.2, 0.25) is 0 Å². The van der Waals surface area contributed by atoms with Crippen LogP contribution in [-0.4, -0.2) is 15.9 Å². The average Bonchev–Trinajstić information content (AvgIpc) is 2.64. The Hall–Kier alpha value is -2.78. The Kier molecular flexibility index (Phi) is 4.82. The van der Waals surface area contributed by atoms with Gasteiger partial charge in [-0.05, 0) is 40.8 Å². The third-order valence-electron chi connectivity index (χ3n) is 4.17. The summed E-state index contributed by atoms with van der Waals surface area (Å²) in [5, 5.41) is 9.05. The van der Waals surface area contributed by atoms with Crippen molar-refractivity contribution >= 4 is 5.78 Å². The fourth-order valence-corrected chi connectivity index (χ4v) is 2.75. The van der Waals surface area contributed by atoms with E-state index in [4.69, 9.17) is 5.11 Å². The lowest BCUT2D eigenvalue weighted by Crippen LogP contribution is -2.07. The van der Waals surface area contributed by atoms with Crippen molar-refractivity contribution in [2.45, 2.75) is 20.0 Å². The smallest absolute Gasteiger partial charge is 0.185 e. The molecule has 0 bridgehead atoms. The summed E-state index contributed by atoms with van der Waals surface area (Å²) in [6, 6.07) is 19.6. The van der Waals surface area contributed by atoms with Gasteiger partial charge in [0, 0.05) is 12.6 Å². The first kappa shape index (κ1) is 16.1. The maximum atomic E-state index is 12.5. The van der Waals surface area contributed by atoms with Gasteiger partial charge in [-0.15, -0.1) is 0 Å². The van der Waals surface area contributed by atoms with Crippen molar-refractivity contribution in [3.8, 4) is 11.1 Å². The van der Waals surface area contributed by atoms with E-state index in [1.165, 1.54) is 0 Å². The molecule has 0 aliphatic heterocycles. The van der Waals surface area contributed by atoms with E-state index < -0.39 is 0 Å². The second-order valence-corrected chi connectivity index (χ2v) is 5.77. The summed E-state index contributed by atoms with van der Waals surface area (Å²) in [4.78, 5) is 16.6. The molecule has 0 unspecified atom stereocenters. The molecule has 1 N–H and O–H groups in total. The van der Waals surface area contributed by atoms with Crippen LogP contribution in [0.15, 0.2) is 66.9 Å². The number of hydrogen-bond acceptors (Lipinski definition) is 3. The number of ketones is 1. The molecule has 0 fully saturated rings. The lowest BCUT2D eigenvalue weighted by molar-refractivity contribution is 0.0988. The Balaban J connectivity index is 1.86. The van der Waals surface area contributed by atoms with E-state index in [1.807, 2.05) is 37.3 Å². The monoisotopic (exact) mass is 317 g/mol. The zero-order chi connectivity index (χ0) is 16.9. The number of aliphatic hydroxyl groups is 1. The molecule has 3 nitrogen and oxygen atoms in total. The zero-order valence-corrected chi connectivity index (χ0v) is 13.6. The van der Waals surface area contributed by atoms with Crippen molar-refractivity contribution in [3.05, 3.63) is 89.2 Å². The first-order valence-corrected chi connectivity index (χ1v) is 7.92. The van der Waals surface area contributed by atoms with Crippen LogP contribution in [0, 0.1) is 6.92 Å². The van der Waals surface area contributed by atoms with Crippen molar-refractivity contribution in [2.24, 2.45) is 0 Å². The molecule has 1 aromatic heterocycles. The highest BCUT2D eigenvalue weighted by atomic mass is 16.3. The second-order valence-electron chi connectivity index (χ2n) is 5.77. The summed E-state index contributed by atoms with van der Waals surface area (Å²) in [5.41, 5.74) is 5.54. The molecule has 0 atom stereocenters. The van der Waals surface area contributed by atoms with E-state index in [1.54, 1.807) is 18.3 Å². The SMILES string of the molecule is Cc1c(CC(=O)c2ccc(CO)cn2)cccc1-c1ccccc1. The molecule has 24 heavy (non-hydrogen) atoms. The second kappa shape index (κ2) is 7.20. The van der Waals surface area contributed by atoms with Crippen LogP contribution in [-0.2, 0) is 13.0 Å². The first-order chi connectivity index (χ1) is 11.7. The lowest BCUT2D eigenvalue weighted by Gasteiger charge is -2.11. The van der Waals surface area contributed by atoms with E-state index in [-0.39, 0.29) is 12.4 Å². The first-order valence-electron chi connectivity index (χ1n) is 7.92. The summed E-state index contributed by atoms with van der Waals surface area (Å²) < 4.78 is 0. The summed E-state index contributed by atoms with van der Waals surface area (Å²) in [6.07, 6.45) is 1.86. The van der Waals surface area contributed by atoms with E-state index in [2.05, 4.69) is 23.2 Å². The highest BCUT2D eigenvalue weighted by Gasteiger charge is 2.12. The number of carbonyl (C=O) groups is 1. The molecule has 0 radical (unpaired) electrons. The number of aliphatic hydroxyl groups excluding tert-OH is 1. The molecule has 0 saturated heterocycles. The van der Waals surface area contributed by atoms with Crippen LogP contribution < -0.4 is 0 Å². The normalized spacial score (nSPS) is 10.6. The van der Waals surface area contributed by atoms with Crippen LogP contribution >= 0.6 is 0 Å². The largest absolute Gasteiger partial charge is 0.392 e. The van der Waals surface area contributed by atoms with Gasteiger partial charge < -0.3 is 5.11 Å². The highest BCUT2D eigenvalue weighted by molar-refractivity contribution is 5.96. The Morgan fingerprint density at radius 1 is 1.00 bits per heavy atom. The molecule has 0 amide bonds. The molecule has 0 aliphatic rings. The van der Waals surface area contributed by atoms with Gasteiger partial charge in [0.15, 0.2) is 5.78 Å². The molecular weight excluding hydrogens is 298 g/mol. The minimum Gasteiger partial charge on any atom is -0.392 e. The number of Topliss-reactive ketones (excluding diaryl/α,β-unsaturated/α-hetero) is 1. The molecule has 3 rings (SSSR count). The standard InChI is InChI=1S/C21H19NO2/c1-15-18(8-5-9-19(15)17-6-3-2-4-7-17)12-21(24)20-11-10-16(14-23)13-22-20/h2-11,13,23H,12,14H2,1H3. The van der Waals surface area contributed by atoms with Crippen LogP contribution in [0.1, 0.15) is 27.2 Å². The fraction of sp³-hybridized carbons (Fsp3) is 0.143. The van der Waals surface area contributed by atoms with Gasteiger partial charge in [0.1, 0.15) is 5.69 Å². The Morgan fingerprint density at radius 3 is 2.46 bits per heavy atom. The minimum absolute atomic E-state index is 0.0206. The number of aromatic nitrogens is 1. The fourth-order valence-electron chi connectivity index (χ4n) is 2.75. The average molecular weight is 317 g/mol. The number of nitrogens with zero attached hydrogens (tertiary/aromatic N) is 1. The van der Waals surface area contributed by atoms with Crippen LogP contribution in [0.4, 0.5) is 0 Å². The molecule has 1 heterocycles. The van der Waals surface area contributed by atoms with Gasteiger partial charge in [-0.2, -0.15) is 0 Å². The predicted molar refractivity (Wildman–Crippen MR) is 94.8 cm³/mol. The summed E-state index contributed by atoms with van der Waals surface area (Å²) in [5.74, 6) is -0.0206. The van der Waals surface area contributed by atoms with Crippen molar-refractivity contribution in [1.29, 1.82) is 0 Å². The molecule has 0 aliphatic carbocycles. The van der Waals surface area contributed by atoms with Crippen molar-refractivity contribution in [1.82, 2.24) is 4.98 Å². The maximum absolute atomic E-state index is 12.5. The number of hydrogen-bond donors (Lipinski definition) is 1. The highest BCUT2D eigenvalue weighted by Crippen LogP contribution is 2.26. The van der Waals surface area contributed by atoms with E-state index in [9.17, 15) is 4.79 Å². The van der Waals surface area contributed by atoms with Crippen LogP contribution in [0.3, 0.4) is 0 Å². The minimum atomic E-state index is -0.0697. The van der Waals surface area contributed by atoms with E-state index >= 15 is 0 Å². The number of carbonyl (C=O) groups excluding carboxylic acids is 1. The molecule has 3 heteroatoms. The summed E-state index contributed by atoms with van der Waals surface area (Å²) >= 11 is 0. The summed E-state index contributed by atoms with van der Waals surface area (Å²) in [7, 11) is 0. The third kappa shape index (κ3) is 3.42. The van der Waals surface area contributed by atoms with Crippen molar-refractivity contribution < 1.29 is 9.90 Å². The number of rotatable bonds is 5. The van der Waals surface area contributed by atoms with Gasteiger partial charge in [-0.25, -0.2) is 0 Å². The quantitative estimate of drug-likeness (QED) is 0.724. The molecule has 2 aromatic carbocycles. The molecule has 0 spiro atoms. The van der Waals surface area contributed by atoms with Crippen LogP contribution in [0.5, 0.6) is 0 Å². The van der Waals surface area contributed by atoms with Gasteiger partial charge in [0.05, 0.1) is 6.61 Å². The van der Waals surface area contributed by atoms with Gasteiger partial charge in [-0.3, -0.25) is 9.78 Å². The van der Waals surface area contributed by atoms with Crippen LogP contribution in [0.25, 0.3) is 11.1 Å². The third-order valence-corrected chi connectivity index (χ3v) is 4.17. The van der Waals surface area contributed by atoms with E-state index in [0.717, 1.165) is 22.3 Å². The Morgan fingerprint density at radius 2 is 1.79 bits per heavy atom. The molecule has 120 valence electrons. The predicted octanol–water partition coefficient (Wildman–Crippen LogP) is 3.97. The maximum Gasteiger partial charge on any atom is 0.185 e. The van der Waals surface area contributed by atoms with Crippen LogP contribution in [0.2, 0.25) is 0 Å². The Bertz CT molecular complexity index is 839. The van der Waals surface area contributed by atoms with Gasteiger partial charge in [-0.1, -0.05) is 54.6 Å². The molecular formula is C21H19NO2. The van der Waals surface area contributed by atoms with Gasteiger partial charge >= 0.3 is 0 Å². The van der Waals surface area contributed by atoms with Crippen molar-refractivity contribution in [2.75, 3.05) is 0 Å². The molecule has 0 saturated carbocycles. The Labute approximate surface area is 141 Å². The zero-order valence-electron chi connectivity index (χ0n) is 13.6. The lowest BCUT2D eigenvalue weighted by atomic mass is 9.93. The number of benzene rings is 2. The molecule has 3 aromatic rings. The topological polar surface area (TPSA) is 50.2 Å². The summed E-state index contributed by atoms with van der Waals surface area (Å²) in [6.45, 7) is 1.98. The van der Waals surface area contributed by atoms with Crippen molar-refractivity contribution in [3.63, 3.8) is 0 Å². The number of pyridine rings is 1. The van der Waals surface area contributed by atoms with Gasteiger partial charge in [0.25, 0.3) is 0 Å². The van der Waals surface area contributed by atoms with E-state index in [0.29, 0.717) is 17.7 Å².